The van der Waals surface area contributed by atoms with Gasteiger partial charge in [0.15, 0.2) is 0 Å². The second kappa shape index (κ2) is 9.05. The highest BCUT2D eigenvalue weighted by Crippen LogP contribution is 2.16. The molecule has 0 saturated carbocycles. The first-order valence-corrected chi connectivity index (χ1v) is 5.58. The van der Waals surface area contributed by atoms with E-state index >= 15 is 0 Å². The summed E-state index contributed by atoms with van der Waals surface area (Å²) in [5.74, 6) is 0. The third kappa shape index (κ3) is 8.06. The largest absolute Gasteiger partial charge is 0.103 e. The Morgan fingerprint density at radius 1 is 1.00 bits per heavy atom. The summed E-state index contributed by atoms with van der Waals surface area (Å²) in [6, 6.07) is 0. The molecule has 0 rings (SSSR count). The highest BCUT2D eigenvalue weighted by Gasteiger charge is 2.01. The summed E-state index contributed by atoms with van der Waals surface area (Å²) in [6.07, 6.45) is 11.3. The van der Waals surface area contributed by atoms with Crippen molar-refractivity contribution >= 4 is 15.9 Å². The minimum Gasteiger partial charge on any atom is -0.103 e. The van der Waals surface area contributed by atoms with Crippen LogP contribution in [0, 0.1) is 0 Å². The SMILES string of the molecule is C=CCCCC(Br)CCCC=C. The van der Waals surface area contributed by atoms with E-state index in [9.17, 15) is 0 Å². The second-order valence-corrected chi connectivity index (χ2v) is 4.33. The number of halogens is 1. The Balaban J connectivity index is 3.14. The quantitative estimate of drug-likeness (QED) is 0.328. The van der Waals surface area contributed by atoms with Crippen LogP contribution < -0.4 is 0 Å². The van der Waals surface area contributed by atoms with E-state index in [4.69, 9.17) is 0 Å². The van der Waals surface area contributed by atoms with E-state index in [1.807, 2.05) is 12.2 Å². The summed E-state index contributed by atoms with van der Waals surface area (Å²) in [5, 5.41) is 0. The topological polar surface area (TPSA) is 0 Å². The van der Waals surface area contributed by atoms with Crippen molar-refractivity contribution in [2.24, 2.45) is 0 Å². The molecule has 0 aromatic heterocycles. The first-order chi connectivity index (χ1) is 5.81. The van der Waals surface area contributed by atoms with Gasteiger partial charge in [-0.2, -0.15) is 0 Å². The van der Waals surface area contributed by atoms with Gasteiger partial charge in [0.2, 0.25) is 0 Å². The molecule has 0 aliphatic carbocycles. The first kappa shape index (κ1) is 12.0. The fourth-order valence-electron chi connectivity index (χ4n) is 1.11. The molecule has 0 unspecified atom stereocenters. The normalized spacial score (nSPS) is 10.2. The van der Waals surface area contributed by atoms with Crippen molar-refractivity contribution in [1.29, 1.82) is 0 Å². The fourth-order valence-corrected chi connectivity index (χ4v) is 1.76. The maximum atomic E-state index is 3.70. The lowest BCUT2D eigenvalue weighted by molar-refractivity contribution is 0.645. The van der Waals surface area contributed by atoms with Gasteiger partial charge < -0.3 is 0 Å². The Morgan fingerprint density at radius 2 is 1.42 bits per heavy atom. The predicted octanol–water partition coefficient (Wildman–Crippen LogP) is 4.46. The van der Waals surface area contributed by atoms with Crippen LogP contribution >= 0.6 is 15.9 Å². The highest BCUT2D eigenvalue weighted by molar-refractivity contribution is 9.09. The summed E-state index contributed by atoms with van der Waals surface area (Å²) >= 11 is 3.67. The second-order valence-electron chi connectivity index (χ2n) is 3.04. The minimum absolute atomic E-state index is 0.692. The molecule has 1 heteroatoms. The molecule has 0 aromatic rings. The Morgan fingerprint density at radius 3 is 1.75 bits per heavy atom. The molecule has 0 aromatic carbocycles. The van der Waals surface area contributed by atoms with Crippen LogP contribution in [0.4, 0.5) is 0 Å². The lowest BCUT2D eigenvalue weighted by Crippen LogP contribution is -1.96. The zero-order valence-corrected chi connectivity index (χ0v) is 9.35. The Hall–Kier alpha value is -0.0400. The molecule has 70 valence electrons. The molecule has 0 aliphatic heterocycles. The number of alkyl halides is 1. The maximum Gasteiger partial charge on any atom is 0.0146 e. The molecule has 0 N–H and O–H groups in total. The Bertz CT molecular complexity index is 104. The van der Waals surface area contributed by atoms with Crippen molar-refractivity contribution < 1.29 is 0 Å². The van der Waals surface area contributed by atoms with Gasteiger partial charge in [0, 0.05) is 4.83 Å². The summed E-state index contributed by atoms with van der Waals surface area (Å²) < 4.78 is 0. The van der Waals surface area contributed by atoms with Crippen LogP contribution in [-0.2, 0) is 0 Å². The van der Waals surface area contributed by atoms with E-state index in [-0.39, 0.29) is 0 Å². The van der Waals surface area contributed by atoms with Crippen LogP contribution in [0.15, 0.2) is 25.3 Å². The van der Waals surface area contributed by atoms with E-state index in [0.29, 0.717) is 4.83 Å². The number of allylic oxidation sites excluding steroid dienone is 2. The molecule has 0 nitrogen and oxygen atoms in total. The minimum atomic E-state index is 0.692. The summed E-state index contributed by atoms with van der Waals surface area (Å²) in [6.45, 7) is 7.41. The maximum absolute atomic E-state index is 3.70. The van der Waals surface area contributed by atoms with Crippen molar-refractivity contribution in [3.63, 3.8) is 0 Å². The average molecular weight is 231 g/mol. The molecule has 0 atom stereocenters. The lowest BCUT2D eigenvalue weighted by atomic mass is 10.1. The number of unbranched alkanes of at least 4 members (excludes halogenated alkanes) is 2. The average Bonchev–Trinajstić information content (AvgIpc) is 2.06. The lowest BCUT2D eigenvalue weighted by Gasteiger charge is -2.06. The van der Waals surface area contributed by atoms with E-state index in [1.165, 1.54) is 25.7 Å². The first-order valence-electron chi connectivity index (χ1n) is 4.67. The molecule has 0 saturated heterocycles. The van der Waals surface area contributed by atoms with Crippen LogP contribution in [0.25, 0.3) is 0 Å². The fraction of sp³-hybridized carbons (Fsp3) is 0.636. The summed E-state index contributed by atoms with van der Waals surface area (Å²) in [4.78, 5) is 0.692. The van der Waals surface area contributed by atoms with Crippen LogP contribution in [0.5, 0.6) is 0 Å². The smallest absolute Gasteiger partial charge is 0.0146 e. The molecular weight excluding hydrogens is 212 g/mol. The van der Waals surface area contributed by atoms with Crippen molar-refractivity contribution in [3.8, 4) is 0 Å². The van der Waals surface area contributed by atoms with Gasteiger partial charge in [-0.3, -0.25) is 0 Å². The molecule has 0 amide bonds. The van der Waals surface area contributed by atoms with Gasteiger partial charge in [-0.05, 0) is 38.5 Å². The zero-order chi connectivity index (χ0) is 9.23. The van der Waals surface area contributed by atoms with E-state index in [2.05, 4.69) is 29.1 Å². The molecule has 0 aliphatic rings. The number of hydrogen-bond donors (Lipinski definition) is 0. The third-order valence-electron chi connectivity index (χ3n) is 1.85. The Labute approximate surface area is 84.9 Å². The van der Waals surface area contributed by atoms with Crippen molar-refractivity contribution in [3.05, 3.63) is 25.3 Å². The van der Waals surface area contributed by atoms with Gasteiger partial charge in [-0.25, -0.2) is 0 Å². The van der Waals surface area contributed by atoms with E-state index in [1.54, 1.807) is 0 Å². The van der Waals surface area contributed by atoms with Gasteiger partial charge in [-0.15, -0.1) is 13.2 Å². The van der Waals surface area contributed by atoms with Gasteiger partial charge in [-0.1, -0.05) is 28.1 Å². The zero-order valence-electron chi connectivity index (χ0n) is 7.77. The van der Waals surface area contributed by atoms with E-state index < -0.39 is 0 Å². The van der Waals surface area contributed by atoms with Gasteiger partial charge in [0.05, 0.1) is 0 Å². The van der Waals surface area contributed by atoms with Crippen molar-refractivity contribution in [2.75, 3.05) is 0 Å². The van der Waals surface area contributed by atoms with E-state index in [0.717, 1.165) is 12.8 Å². The third-order valence-corrected chi connectivity index (χ3v) is 2.77. The molecule has 0 bridgehead atoms. The molecule has 0 spiro atoms. The highest BCUT2D eigenvalue weighted by atomic mass is 79.9. The van der Waals surface area contributed by atoms with Crippen molar-refractivity contribution in [2.45, 2.75) is 43.4 Å². The van der Waals surface area contributed by atoms with Crippen LogP contribution in [0.1, 0.15) is 38.5 Å². The van der Waals surface area contributed by atoms with Crippen LogP contribution in [0.3, 0.4) is 0 Å². The van der Waals surface area contributed by atoms with Crippen LogP contribution in [0.2, 0.25) is 0 Å². The monoisotopic (exact) mass is 230 g/mol. The number of rotatable bonds is 8. The standard InChI is InChI=1S/C11H19Br/c1-3-5-7-9-11(12)10-8-6-4-2/h3-4,11H,1-2,5-10H2. The summed E-state index contributed by atoms with van der Waals surface area (Å²) in [5.41, 5.74) is 0. The predicted molar refractivity (Wildman–Crippen MR) is 60.8 cm³/mol. The molecule has 0 radical (unpaired) electrons. The molecular formula is C11H19Br. The molecule has 0 heterocycles. The molecule has 12 heavy (non-hydrogen) atoms. The van der Waals surface area contributed by atoms with Crippen molar-refractivity contribution in [1.82, 2.24) is 0 Å². The van der Waals surface area contributed by atoms with Crippen LogP contribution in [-0.4, -0.2) is 4.83 Å². The van der Waals surface area contributed by atoms with Gasteiger partial charge >= 0.3 is 0 Å². The van der Waals surface area contributed by atoms with Gasteiger partial charge in [0.25, 0.3) is 0 Å². The number of hydrogen-bond acceptors (Lipinski definition) is 0. The molecule has 0 fully saturated rings. The Kier molecular flexibility index (Phi) is 9.02. The van der Waals surface area contributed by atoms with Gasteiger partial charge in [0.1, 0.15) is 0 Å². The summed E-state index contributed by atoms with van der Waals surface area (Å²) in [7, 11) is 0.